The standard InChI is InChI=1S/C13H14N2O2/c1-3-9-7-14-12(17)6-8(2)10-4-5-11(16)15(9)13(10)14/h4-6,9H,3,7H2,1-2H3. The maximum absolute atomic E-state index is 11.9. The van der Waals surface area contributed by atoms with Crippen molar-refractivity contribution in [2.75, 3.05) is 0 Å². The largest absolute Gasteiger partial charge is 0.292 e. The van der Waals surface area contributed by atoms with E-state index in [9.17, 15) is 9.59 Å². The van der Waals surface area contributed by atoms with E-state index in [2.05, 4.69) is 0 Å². The highest BCUT2D eigenvalue weighted by atomic mass is 16.1. The molecular weight excluding hydrogens is 216 g/mol. The van der Waals surface area contributed by atoms with Gasteiger partial charge in [0.25, 0.3) is 11.1 Å². The van der Waals surface area contributed by atoms with Crippen LogP contribution in [-0.2, 0) is 6.54 Å². The molecule has 1 aliphatic rings. The zero-order valence-corrected chi connectivity index (χ0v) is 9.93. The Balaban J connectivity index is 2.57. The Kier molecular flexibility index (Phi) is 2.02. The van der Waals surface area contributed by atoms with Crippen LogP contribution in [0.4, 0.5) is 0 Å². The molecule has 0 saturated heterocycles. The summed E-state index contributed by atoms with van der Waals surface area (Å²) in [6.07, 6.45) is 0.860. The zero-order chi connectivity index (χ0) is 12.2. The molecule has 3 rings (SSSR count). The van der Waals surface area contributed by atoms with Crippen LogP contribution in [0.2, 0.25) is 0 Å². The Morgan fingerprint density at radius 1 is 1.29 bits per heavy atom. The molecule has 17 heavy (non-hydrogen) atoms. The van der Waals surface area contributed by atoms with Gasteiger partial charge in [-0.1, -0.05) is 6.92 Å². The second-order valence-electron chi connectivity index (χ2n) is 4.62. The number of hydrogen-bond donors (Lipinski definition) is 0. The van der Waals surface area contributed by atoms with Gasteiger partial charge in [0.2, 0.25) is 0 Å². The van der Waals surface area contributed by atoms with Crippen LogP contribution in [-0.4, -0.2) is 9.13 Å². The summed E-state index contributed by atoms with van der Waals surface area (Å²) in [4.78, 5) is 23.9. The Morgan fingerprint density at radius 3 is 2.76 bits per heavy atom. The normalized spacial score (nSPS) is 17.9. The van der Waals surface area contributed by atoms with E-state index in [1.54, 1.807) is 21.3 Å². The van der Waals surface area contributed by atoms with Gasteiger partial charge >= 0.3 is 0 Å². The van der Waals surface area contributed by atoms with Crippen molar-refractivity contribution in [3.8, 4) is 0 Å². The zero-order valence-electron chi connectivity index (χ0n) is 9.93. The molecule has 1 atom stereocenters. The topological polar surface area (TPSA) is 44.0 Å². The number of pyridine rings is 2. The molecule has 4 heteroatoms. The fourth-order valence-corrected chi connectivity index (χ4v) is 2.71. The average molecular weight is 230 g/mol. The molecule has 0 amide bonds. The van der Waals surface area contributed by atoms with Crippen LogP contribution in [0.15, 0.2) is 27.8 Å². The van der Waals surface area contributed by atoms with Crippen molar-refractivity contribution in [1.82, 2.24) is 9.13 Å². The summed E-state index contributed by atoms with van der Waals surface area (Å²) in [6.45, 7) is 4.57. The van der Waals surface area contributed by atoms with Gasteiger partial charge in [-0.3, -0.25) is 18.7 Å². The molecule has 2 aromatic rings. The third-order valence-corrected chi connectivity index (χ3v) is 3.62. The molecule has 3 heterocycles. The van der Waals surface area contributed by atoms with Crippen molar-refractivity contribution in [3.63, 3.8) is 0 Å². The molecule has 0 radical (unpaired) electrons. The fraction of sp³-hybridized carbons (Fsp3) is 0.385. The maximum atomic E-state index is 11.9. The highest BCUT2D eigenvalue weighted by Gasteiger charge is 2.24. The minimum Gasteiger partial charge on any atom is -0.292 e. The van der Waals surface area contributed by atoms with Gasteiger partial charge in [-0.25, -0.2) is 0 Å². The lowest BCUT2D eigenvalue weighted by Crippen LogP contribution is -2.21. The van der Waals surface area contributed by atoms with Gasteiger partial charge in [0, 0.05) is 24.1 Å². The van der Waals surface area contributed by atoms with Crippen LogP contribution in [0.5, 0.6) is 0 Å². The van der Waals surface area contributed by atoms with Gasteiger partial charge in [0.1, 0.15) is 5.65 Å². The summed E-state index contributed by atoms with van der Waals surface area (Å²) in [5.41, 5.74) is 1.70. The summed E-state index contributed by atoms with van der Waals surface area (Å²) < 4.78 is 3.49. The summed E-state index contributed by atoms with van der Waals surface area (Å²) in [7, 11) is 0. The quantitative estimate of drug-likeness (QED) is 0.744. The molecular formula is C13H14N2O2. The summed E-state index contributed by atoms with van der Waals surface area (Å²) in [6, 6.07) is 5.17. The second-order valence-corrected chi connectivity index (χ2v) is 4.62. The molecule has 0 fully saturated rings. The first-order valence-electron chi connectivity index (χ1n) is 5.89. The van der Waals surface area contributed by atoms with E-state index in [1.807, 2.05) is 19.9 Å². The van der Waals surface area contributed by atoms with Crippen LogP contribution in [0.1, 0.15) is 24.9 Å². The SMILES string of the molecule is CCC1Cn2c(=O)cc(C)c3ccc(=O)n1c32. The predicted octanol–water partition coefficient (Wildman–Crippen LogP) is 1.44. The first-order chi connectivity index (χ1) is 8.13. The number of hydrogen-bond acceptors (Lipinski definition) is 2. The Bertz CT molecular complexity index is 725. The van der Waals surface area contributed by atoms with Gasteiger partial charge in [-0.2, -0.15) is 0 Å². The maximum Gasteiger partial charge on any atom is 0.252 e. The van der Waals surface area contributed by atoms with Crippen LogP contribution < -0.4 is 11.1 Å². The number of aromatic nitrogens is 2. The van der Waals surface area contributed by atoms with Gasteiger partial charge in [-0.05, 0) is 25.0 Å². The smallest absolute Gasteiger partial charge is 0.252 e. The van der Waals surface area contributed by atoms with Crippen molar-refractivity contribution < 1.29 is 0 Å². The first-order valence-corrected chi connectivity index (χ1v) is 5.89. The Labute approximate surface area is 98.1 Å². The van der Waals surface area contributed by atoms with E-state index < -0.39 is 0 Å². The van der Waals surface area contributed by atoms with E-state index in [0.29, 0.717) is 6.54 Å². The lowest BCUT2D eigenvalue weighted by Gasteiger charge is -2.10. The van der Waals surface area contributed by atoms with Gasteiger partial charge < -0.3 is 0 Å². The van der Waals surface area contributed by atoms with Crippen LogP contribution in [0.3, 0.4) is 0 Å². The predicted molar refractivity (Wildman–Crippen MR) is 66.5 cm³/mol. The molecule has 4 nitrogen and oxygen atoms in total. The number of nitrogens with zero attached hydrogens (tertiary/aromatic N) is 2. The molecule has 0 N–H and O–H groups in total. The third-order valence-electron chi connectivity index (χ3n) is 3.62. The van der Waals surface area contributed by atoms with Crippen LogP contribution >= 0.6 is 0 Å². The molecule has 2 aromatic heterocycles. The average Bonchev–Trinajstić information content (AvgIpc) is 2.69. The first kappa shape index (κ1) is 10.3. The lowest BCUT2D eigenvalue weighted by atomic mass is 10.2. The molecule has 0 spiro atoms. The van der Waals surface area contributed by atoms with Crippen LogP contribution in [0.25, 0.3) is 11.0 Å². The summed E-state index contributed by atoms with van der Waals surface area (Å²) in [5.74, 6) is 0. The third kappa shape index (κ3) is 1.24. The van der Waals surface area contributed by atoms with Crippen molar-refractivity contribution in [1.29, 1.82) is 0 Å². The number of rotatable bonds is 1. The van der Waals surface area contributed by atoms with E-state index in [1.165, 1.54) is 0 Å². The minimum atomic E-state index is -0.0133. The highest BCUT2D eigenvalue weighted by Crippen LogP contribution is 2.26. The van der Waals surface area contributed by atoms with E-state index >= 15 is 0 Å². The lowest BCUT2D eigenvalue weighted by molar-refractivity contribution is 0.471. The molecule has 1 unspecified atom stereocenters. The van der Waals surface area contributed by atoms with Gasteiger partial charge in [-0.15, -0.1) is 0 Å². The highest BCUT2D eigenvalue weighted by molar-refractivity contribution is 5.80. The molecule has 0 aliphatic carbocycles. The second kappa shape index (κ2) is 3.32. The minimum absolute atomic E-state index is 0.00898. The Morgan fingerprint density at radius 2 is 2.06 bits per heavy atom. The van der Waals surface area contributed by atoms with E-state index in [4.69, 9.17) is 0 Å². The Hall–Kier alpha value is -1.84. The molecule has 1 aliphatic heterocycles. The fourth-order valence-electron chi connectivity index (χ4n) is 2.71. The summed E-state index contributed by atoms with van der Waals surface area (Å²) >= 11 is 0. The monoisotopic (exact) mass is 230 g/mol. The molecule has 0 bridgehead atoms. The van der Waals surface area contributed by atoms with E-state index in [0.717, 1.165) is 23.0 Å². The van der Waals surface area contributed by atoms with Crippen molar-refractivity contribution in [3.05, 3.63) is 44.5 Å². The van der Waals surface area contributed by atoms with Gasteiger partial charge in [0.05, 0.1) is 6.04 Å². The van der Waals surface area contributed by atoms with E-state index in [-0.39, 0.29) is 17.2 Å². The number of aryl methyl sites for hydroxylation is 1. The molecule has 88 valence electrons. The molecule has 0 saturated carbocycles. The van der Waals surface area contributed by atoms with Crippen molar-refractivity contribution in [2.45, 2.75) is 32.9 Å². The van der Waals surface area contributed by atoms with Crippen molar-refractivity contribution in [2.24, 2.45) is 0 Å². The summed E-state index contributed by atoms with van der Waals surface area (Å²) in [5, 5.41) is 1.00. The molecule has 0 aromatic carbocycles. The van der Waals surface area contributed by atoms with Crippen molar-refractivity contribution >= 4 is 11.0 Å². The van der Waals surface area contributed by atoms with Crippen LogP contribution in [0, 0.1) is 6.92 Å². The van der Waals surface area contributed by atoms with Gasteiger partial charge in [0.15, 0.2) is 0 Å².